The van der Waals surface area contributed by atoms with Crippen LogP contribution in [0.15, 0.2) is 0 Å². The van der Waals surface area contributed by atoms with Gasteiger partial charge in [-0.3, -0.25) is 19.4 Å². The van der Waals surface area contributed by atoms with Gasteiger partial charge < -0.3 is 18.9 Å². The minimum Gasteiger partial charge on any atom is -0.461 e. The lowest BCUT2D eigenvalue weighted by Crippen LogP contribution is -2.41. The van der Waals surface area contributed by atoms with E-state index in [0.717, 1.165) is 65.7 Å². The zero-order valence-corrected chi connectivity index (χ0v) is 17.4. The van der Waals surface area contributed by atoms with Crippen molar-refractivity contribution in [3.05, 3.63) is 0 Å². The predicted octanol–water partition coefficient (Wildman–Crippen LogP) is 1.07. The molecule has 28 heavy (non-hydrogen) atoms. The third kappa shape index (κ3) is 9.82. The van der Waals surface area contributed by atoms with Crippen molar-refractivity contribution in [1.29, 1.82) is 0 Å². The fourth-order valence-electron chi connectivity index (χ4n) is 3.47. The number of esters is 2. The minimum atomic E-state index is -0.199. The summed E-state index contributed by atoms with van der Waals surface area (Å²) in [6, 6.07) is 0. The van der Waals surface area contributed by atoms with Gasteiger partial charge in [0.2, 0.25) is 0 Å². The van der Waals surface area contributed by atoms with E-state index >= 15 is 0 Å². The number of nitrogens with zero attached hydrogens (tertiary/aromatic N) is 2. The van der Waals surface area contributed by atoms with Crippen molar-refractivity contribution >= 4 is 11.9 Å². The van der Waals surface area contributed by atoms with Crippen LogP contribution >= 0.6 is 0 Å². The molecule has 0 spiro atoms. The molecule has 0 radical (unpaired) electrons. The molecule has 162 valence electrons. The van der Waals surface area contributed by atoms with E-state index in [1.165, 1.54) is 0 Å². The molecule has 0 saturated carbocycles. The van der Waals surface area contributed by atoms with E-state index in [0.29, 0.717) is 25.7 Å². The molecule has 0 amide bonds. The summed E-state index contributed by atoms with van der Waals surface area (Å²) in [4.78, 5) is 28.4. The van der Waals surface area contributed by atoms with Gasteiger partial charge in [-0.05, 0) is 26.7 Å². The van der Waals surface area contributed by atoms with Crippen molar-refractivity contribution in [3.8, 4) is 0 Å². The lowest BCUT2D eigenvalue weighted by Gasteiger charge is -2.29. The second-order valence-electron chi connectivity index (χ2n) is 7.63. The summed E-state index contributed by atoms with van der Waals surface area (Å²) in [5.74, 6) is -0.398. The Bertz CT molecular complexity index is 422. The van der Waals surface area contributed by atoms with Crippen LogP contribution in [0.4, 0.5) is 0 Å². The normalized spacial score (nSPS) is 21.1. The lowest BCUT2D eigenvalue weighted by molar-refractivity contribution is -0.151. The molecule has 2 saturated heterocycles. The van der Waals surface area contributed by atoms with E-state index in [9.17, 15) is 9.59 Å². The molecule has 8 heteroatoms. The van der Waals surface area contributed by atoms with Crippen LogP contribution in [0.2, 0.25) is 0 Å². The Hall–Kier alpha value is -1.22. The van der Waals surface area contributed by atoms with E-state index in [1.54, 1.807) is 0 Å². The molecule has 2 fully saturated rings. The van der Waals surface area contributed by atoms with Crippen LogP contribution in [0.5, 0.6) is 0 Å². The van der Waals surface area contributed by atoms with Gasteiger partial charge in [0.25, 0.3) is 0 Å². The van der Waals surface area contributed by atoms with Gasteiger partial charge in [-0.1, -0.05) is 0 Å². The first-order valence-corrected chi connectivity index (χ1v) is 10.5. The van der Waals surface area contributed by atoms with Crippen molar-refractivity contribution in [2.45, 2.75) is 51.7 Å². The zero-order chi connectivity index (χ0) is 20.2. The summed E-state index contributed by atoms with van der Waals surface area (Å²) < 4.78 is 21.5. The fourth-order valence-corrected chi connectivity index (χ4v) is 3.47. The monoisotopic (exact) mass is 400 g/mol. The summed E-state index contributed by atoms with van der Waals surface area (Å²) in [6.45, 7) is 11.8. The summed E-state index contributed by atoms with van der Waals surface area (Å²) in [6.07, 6.45) is 1.69. The van der Waals surface area contributed by atoms with Gasteiger partial charge in [-0.15, -0.1) is 0 Å². The molecule has 0 bridgehead atoms. The fraction of sp³-hybridized carbons (Fsp3) is 0.900. The van der Waals surface area contributed by atoms with Crippen LogP contribution in [0.3, 0.4) is 0 Å². The standard InChI is InChI=1S/C20H36N2O6/c1-17(15-21-7-11-25-12-8-21)27-19(23)5-3-4-6-20(24)28-18(2)16-22-9-13-26-14-10-22/h17-18H,3-16H2,1-2H3/t17-,18-/m1/s1. The summed E-state index contributed by atoms with van der Waals surface area (Å²) in [7, 11) is 0. The maximum atomic E-state index is 11.9. The number of hydrogen-bond donors (Lipinski definition) is 0. The van der Waals surface area contributed by atoms with E-state index in [2.05, 4.69) is 9.80 Å². The molecule has 2 heterocycles. The van der Waals surface area contributed by atoms with E-state index in [1.807, 2.05) is 13.8 Å². The van der Waals surface area contributed by atoms with Crippen molar-refractivity contribution in [2.24, 2.45) is 0 Å². The van der Waals surface area contributed by atoms with Crippen LogP contribution < -0.4 is 0 Å². The highest BCUT2D eigenvalue weighted by atomic mass is 16.5. The van der Waals surface area contributed by atoms with E-state index < -0.39 is 0 Å². The molecule has 0 unspecified atom stereocenters. The molecule has 2 atom stereocenters. The second kappa shape index (κ2) is 13.1. The lowest BCUT2D eigenvalue weighted by atomic mass is 10.2. The Morgan fingerprint density at radius 3 is 1.46 bits per heavy atom. The van der Waals surface area contributed by atoms with Gasteiger partial charge in [0.05, 0.1) is 26.4 Å². The third-order valence-electron chi connectivity index (χ3n) is 4.92. The predicted molar refractivity (Wildman–Crippen MR) is 104 cm³/mol. The molecule has 0 aromatic heterocycles. The summed E-state index contributed by atoms with van der Waals surface area (Å²) in [5.41, 5.74) is 0. The first kappa shape index (κ1) is 23.1. The number of hydrogen-bond acceptors (Lipinski definition) is 8. The summed E-state index contributed by atoms with van der Waals surface area (Å²) >= 11 is 0. The number of carbonyl (C=O) groups excluding carboxylic acids is 2. The molecule has 2 aliphatic heterocycles. The van der Waals surface area contributed by atoms with E-state index in [-0.39, 0.29) is 24.1 Å². The quantitative estimate of drug-likeness (QED) is 0.377. The Labute approximate surface area is 168 Å². The van der Waals surface area contributed by atoms with Crippen LogP contribution in [0.1, 0.15) is 39.5 Å². The molecule has 8 nitrogen and oxygen atoms in total. The smallest absolute Gasteiger partial charge is 0.306 e. The van der Waals surface area contributed by atoms with Gasteiger partial charge in [-0.25, -0.2) is 0 Å². The number of ether oxygens (including phenoxy) is 4. The zero-order valence-electron chi connectivity index (χ0n) is 17.4. The highest BCUT2D eigenvalue weighted by Gasteiger charge is 2.18. The maximum Gasteiger partial charge on any atom is 0.306 e. The Morgan fingerprint density at radius 1 is 0.750 bits per heavy atom. The molecule has 0 aromatic carbocycles. The first-order chi connectivity index (χ1) is 13.5. The largest absolute Gasteiger partial charge is 0.461 e. The van der Waals surface area contributed by atoms with Gasteiger partial charge >= 0.3 is 11.9 Å². The molecule has 2 rings (SSSR count). The van der Waals surface area contributed by atoms with Crippen molar-refractivity contribution in [1.82, 2.24) is 9.80 Å². The number of carbonyl (C=O) groups is 2. The van der Waals surface area contributed by atoms with Gasteiger partial charge in [0.1, 0.15) is 12.2 Å². The molecular weight excluding hydrogens is 364 g/mol. The average Bonchev–Trinajstić information content (AvgIpc) is 2.66. The first-order valence-electron chi connectivity index (χ1n) is 10.5. The SMILES string of the molecule is C[C@H](CN1CCOCC1)OC(=O)CCCCC(=O)O[C@H](C)CN1CCOCC1. The molecule has 0 aliphatic carbocycles. The molecule has 0 aromatic rings. The number of unbranched alkanes of at least 4 members (excludes halogenated alkanes) is 1. The number of morpholine rings is 2. The van der Waals surface area contributed by atoms with Crippen LogP contribution in [0, 0.1) is 0 Å². The molecule has 2 aliphatic rings. The molecule has 0 N–H and O–H groups in total. The Morgan fingerprint density at radius 2 is 1.11 bits per heavy atom. The van der Waals surface area contributed by atoms with Crippen molar-refractivity contribution in [3.63, 3.8) is 0 Å². The highest BCUT2D eigenvalue weighted by Crippen LogP contribution is 2.08. The number of rotatable bonds is 11. The average molecular weight is 401 g/mol. The van der Waals surface area contributed by atoms with Crippen LogP contribution in [0.25, 0.3) is 0 Å². The van der Waals surface area contributed by atoms with Crippen LogP contribution in [-0.4, -0.2) is 99.6 Å². The Kier molecular flexibility index (Phi) is 10.8. The van der Waals surface area contributed by atoms with Crippen molar-refractivity contribution < 1.29 is 28.5 Å². The van der Waals surface area contributed by atoms with Gasteiger partial charge in [0, 0.05) is 52.1 Å². The topological polar surface area (TPSA) is 77.5 Å². The highest BCUT2D eigenvalue weighted by molar-refractivity contribution is 5.70. The van der Waals surface area contributed by atoms with Crippen LogP contribution in [-0.2, 0) is 28.5 Å². The third-order valence-corrected chi connectivity index (χ3v) is 4.92. The second-order valence-corrected chi connectivity index (χ2v) is 7.63. The molecular formula is C20H36N2O6. The maximum absolute atomic E-state index is 11.9. The summed E-state index contributed by atoms with van der Waals surface area (Å²) in [5, 5.41) is 0. The Balaban J connectivity index is 1.48. The van der Waals surface area contributed by atoms with Gasteiger partial charge in [0.15, 0.2) is 0 Å². The van der Waals surface area contributed by atoms with Gasteiger partial charge in [-0.2, -0.15) is 0 Å². The minimum absolute atomic E-state index is 0.128. The van der Waals surface area contributed by atoms with Crippen molar-refractivity contribution in [2.75, 3.05) is 65.7 Å². The van der Waals surface area contributed by atoms with E-state index in [4.69, 9.17) is 18.9 Å².